The smallest absolute Gasteiger partial charge is 0.377 e. The van der Waals surface area contributed by atoms with Crippen LogP contribution in [0.15, 0.2) is 20.2 Å². The minimum absolute atomic E-state index is 0.109. The topological polar surface area (TPSA) is 154 Å². The summed E-state index contributed by atoms with van der Waals surface area (Å²) in [5.74, 6) is -1.75. The zero-order chi connectivity index (χ0) is 21.6. The van der Waals surface area contributed by atoms with Gasteiger partial charge in [0.1, 0.15) is 5.82 Å². The molecule has 2 aromatic rings. The lowest BCUT2D eigenvalue weighted by atomic mass is 10.2. The number of nitrogens with zero attached hydrogens (tertiary/aromatic N) is 3. The summed E-state index contributed by atoms with van der Waals surface area (Å²) >= 11 is 0. The first-order valence-corrected chi connectivity index (χ1v) is 9.33. The predicted octanol–water partition coefficient (Wildman–Crippen LogP) is 0.815. The van der Waals surface area contributed by atoms with E-state index in [0.29, 0.717) is 18.5 Å². The average Bonchev–Trinajstić information content (AvgIpc) is 3.11. The van der Waals surface area contributed by atoms with E-state index in [0.717, 1.165) is 11.3 Å². The van der Waals surface area contributed by atoms with Gasteiger partial charge in [-0.15, -0.1) is 0 Å². The highest BCUT2D eigenvalue weighted by Gasteiger charge is 2.25. The minimum atomic E-state index is -0.854. The van der Waals surface area contributed by atoms with Crippen LogP contribution in [0.1, 0.15) is 49.4 Å². The molecular weight excluding hydrogens is 382 g/mol. The van der Waals surface area contributed by atoms with E-state index >= 15 is 0 Å². The normalized spacial score (nSPS) is 10.7. The molecule has 0 atom stereocenters. The van der Waals surface area contributed by atoms with E-state index in [9.17, 15) is 19.2 Å². The standard InChI is InChI=1S/C18H25N5O6/c1-4-6-8-22(13(24)10-28-17(26)12-9-11(3)21-29-12)14-15(19)23(7-5-2)18(27)20-16(14)25/h9H,4-8,10,19H2,1-3H3,(H,20,25,27). The first-order valence-electron chi connectivity index (χ1n) is 9.33. The highest BCUT2D eigenvalue weighted by Crippen LogP contribution is 2.18. The molecular formula is C18H25N5O6. The number of unbranched alkanes of at least 4 members (excludes halogenated alkanes) is 1. The number of aryl methyl sites for hydroxylation is 1. The van der Waals surface area contributed by atoms with Crippen molar-refractivity contribution in [1.29, 1.82) is 0 Å². The van der Waals surface area contributed by atoms with Gasteiger partial charge in [0.15, 0.2) is 12.3 Å². The Balaban J connectivity index is 2.30. The number of aromatic nitrogens is 3. The monoisotopic (exact) mass is 407 g/mol. The lowest BCUT2D eigenvalue weighted by molar-refractivity contribution is -0.121. The Labute approximate surface area is 166 Å². The Morgan fingerprint density at radius 2 is 2.03 bits per heavy atom. The van der Waals surface area contributed by atoms with Crippen LogP contribution in [0.4, 0.5) is 11.5 Å². The second kappa shape index (κ2) is 9.71. The van der Waals surface area contributed by atoms with E-state index < -0.39 is 29.7 Å². The Hall–Kier alpha value is -3.37. The zero-order valence-corrected chi connectivity index (χ0v) is 16.7. The summed E-state index contributed by atoms with van der Waals surface area (Å²) in [5.41, 5.74) is 4.98. The molecule has 0 bridgehead atoms. The van der Waals surface area contributed by atoms with Crippen LogP contribution in [0.2, 0.25) is 0 Å². The summed E-state index contributed by atoms with van der Waals surface area (Å²) < 4.78 is 11.0. The molecule has 0 radical (unpaired) electrons. The lowest BCUT2D eigenvalue weighted by Gasteiger charge is -2.24. The molecule has 0 aromatic carbocycles. The molecule has 11 heteroatoms. The molecule has 158 valence electrons. The van der Waals surface area contributed by atoms with Crippen LogP contribution in [0.3, 0.4) is 0 Å². The van der Waals surface area contributed by atoms with Crippen LogP contribution in [0, 0.1) is 6.92 Å². The lowest BCUT2D eigenvalue weighted by Crippen LogP contribution is -2.43. The molecule has 0 fully saturated rings. The van der Waals surface area contributed by atoms with E-state index in [2.05, 4.69) is 10.1 Å². The molecule has 0 aliphatic carbocycles. The van der Waals surface area contributed by atoms with Crippen molar-refractivity contribution in [3.8, 4) is 0 Å². The molecule has 2 rings (SSSR count). The number of rotatable bonds is 9. The third-order valence-corrected chi connectivity index (χ3v) is 4.12. The van der Waals surface area contributed by atoms with Crippen molar-refractivity contribution in [3.05, 3.63) is 38.4 Å². The number of esters is 1. The van der Waals surface area contributed by atoms with Crippen molar-refractivity contribution in [2.45, 2.75) is 46.6 Å². The zero-order valence-electron chi connectivity index (χ0n) is 16.7. The Kier molecular flexibility index (Phi) is 7.34. The fourth-order valence-corrected chi connectivity index (χ4v) is 2.70. The number of nitrogens with one attached hydrogen (secondary N) is 1. The SMILES string of the molecule is CCCCN(C(=O)COC(=O)c1cc(C)no1)c1c(N)n(CCC)c(=O)[nH]c1=O. The number of H-pyrrole nitrogens is 1. The van der Waals surface area contributed by atoms with Gasteiger partial charge in [-0.05, 0) is 19.8 Å². The van der Waals surface area contributed by atoms with Gasteiger partial charge in [0, 0.05) is 19.2 Å². The fraction of sp³-hybridized carbons (Fsp3) is 0.500. The average molecular weight is 407 g/mol. The number of ether oxygens (including phenoxy) is 1. The maximum absolute atomic E-state index is 12.8. The number of aromatic amines is 1. The van der Waals surface area contributed by atoms with Gasteiger partial charge >= 0.3 is 11.7 Å². The number of hydrogen-bond donors (Lipinski definition) is 2. The first kappa shape index (κ1) is 21.9. The van der Waals surface area contributed by atoms with Gasteiger partial charge in [-0.1, -0.05) is 25.4 Å². The molecule has 0 saturated heterocycles. The maximum atomic E-state index is 12.8. The predicted molar refractivity (Wildman–Crippen MR) is 105 cm³/mol. The summed E-state index contributed by atoms with van der Waals surface area (Å²) in [4.78, 5) is 52.5. The van der Waals surface area contributed by atoms with Crippen molar-refractivity contribution in [2.75, 3.05) is 23.8 Å². The van der Waals surface area contributed by atoms with Gasteiger partial charge in [-0.3, -0.25) is 19.1 Å². The van der Waals surface area contributed by atoms with Gasteiger partial charge in [0.05, 0.1) is 5.69 Å². The van der Waals surface area contributed by atoms with Crippen LogP contribution in [-0.2, 0) is 16.1 Å². The Morgan fingerprint density at radius 1 is 1.31 bits per heavy atom. The van der Waals surface area contributed by atoms with E-state index in [-0.39, 0.29) is 30.4 Å². The highest BCUT2D eigenvalue weighted by molar-refractivity contribution is 5.98. The molecule has 2 heterocycles. The van der Waals surface area contributed by atoms with Gasteiger partial charge in [0.25, 0.3) is 11.5 Å². The number of amides is 1. The van der Waals surface area contributed by atoms with Crippen molar-refractivity contribution >= 4 is 23.4 Å². The van der Waals surface area contributed by atoms with Gasteiger partial charge in [-0.25, -0.2) is 9.59 Å². The number of carbonyl (C=O) groups is 2. The Morgan fingerprint density at radius 3 is 2.62 bits per heavy atom. The number of carbonyl (C=O) groups excluding carboxylic acids is 2. The van der Waals surface area contributed by atoms with E-state index in [1.54, 1.807) is 6.92 Å². The van der Waals surface area contributed by atoms with Crippen molar-refractivity contribution < 1.29 is 18.8 Å². The van der Waals surface area contributed by atoms with E-state index in [1.807, 2.05) is 13.8 Å². The molecule has 29 heavy (non-hydrogen) atoms. The number of hydrogen-bond acceptors (Lipinski definition) is 8. The van der Waals surface area contributed by atoms with Crippen LogP contribution in [0.25, 0.3) is 0 Å². The molecule has 0 spiro atoms. The molecule has 0 aliphatic rings. The number of anilines is 2. The molecule has 0 unspecified atom stereocenters. The minimum Gasteiger partial charge on any atom is -0.450 e. The molecule has 3 N–H and O–H groups in total. The molecule has 0 saturated carbocycles. The van der Waals surface area contributed by atoms with E-state index in [1.165, 1.54) is 10.6 Å². The quantitative estimate of drug-likeness (QED) is 0.579. The fourth-order valence-electron chi connectivity index (χ4n) is 2.70. The molecule has 0 aliphatic heterocycles. The molecule has 1 amide bonds. The summed E-state index contributed by atoms with van der Waals surface area (Å²) in [7, 11) is 0. The highest BCUT2D eigenvalue weighted by atomic mass is 16.6. The van der Waals surface area contributed by atoms with Crippen LogP contribution in [-0.4, -0.2) is 39.7 Å². The maximum Gasteiger partial charge on any atom is 0.377 e. The van der Waals surface area contributed by atoms with Gasteiger partial charge < -0.3 is 19.9 Å². The van der Waals surface area contributed by atoms with Crippen molar-refractivity contribution in [1.82, 2.24) is 14.7 Å². The third-order valence-electron chi connectivity index (χ3n) is 4.12. The van der Waals surface area contributed by atoms with Crippen LogP contribution < -0.4 is 21.9 Å². The second-order valence-electron chi connectivity index (χ2n) is 6.45. The van der Waals surface area contributed by atoms with Gasteiger partial charge in [0.2, 0.25) is 5.76 Å². The largest absolute Gasteiger partial charge is 0.450 e. The summed E-state index contributed by atoms with van der Waals surface area (Å²) in [6, 6.07) is 1.38. The second-order valence-corrected chi connectivity index (χ2v) is 6.45. The van der Waals surface area contributed by atoms with Crippen molar-refractivity contribution in [3.63, 3.8) is 0 Å². The number of nitrogen functional groups attached to an aromatic ring is 1. The third kappa shape index (κ3) is 5.12. The molecule has 2 aromatic heterocycles. The summed E-state index contributed by atoms with van der Waals surface area (Å²) in [5, 5.41) is 3.58. The van der Waals surface area contributed by atoms with Gasteiger partial charge in [-0.2, -0.15) is 0 Å². The summed E-state index contributed by atoms with van der Waals surface area (Å²) in [6.45, 7) is 5.23. The Bertz CT molecular complexity index is 989. The first-order chi connectivity index (χ1) is 13.8. The van der Waals surface area contributed by atoms with Crippen molar-refractivity contribution in [2.24, 2.45) is 0 Å². The van der Waals surface area contributed by atoms with Crippen LogP contribution in [0.5, 0.6) is 0 Å². The molecule has 11 nitrogen and oxygen atoms in total. The van der Waals surface area contributed by atoms with E-state index in [4.69, 9.17) is 15.0 Å². The summed E-state index contributed by atoms with van der Waals surface area (Å²) in [6.07, 6.45) is 1.92. The number of nitrogens with two attached hydrogens (primary N) is 1. The van der Waals surface area contributed by atoms with Crippen LogP contribution >= 0.6 is 0 Å².